The highest BCUT2D eigenvalue weighted by Gasteiger charge is 2.08. The highest BCUT2D eigenvalue weighted by molar-refractivity contribution is 5.62. The molecule has 1 aromatic carbocycles. The normalized spacial score (nSPS) is 10.4. The maximum absolute atomic E-state index is 13.2. The summed E-state index contributed by atoms with van der Waals surface area (Å²) in [6, 6.07) is 5.43. The van der Waals surface area contributed by atoms with Gasteiger partial charge in [-0.3, -0.25) is 0 Å². The molecule has 2 aromatic rings. The van der Waals surface area contributed by atoms with Crippen molar-refractivity contribution in [3.05, 3.63) is 41.7 Å². The van der Waals surface area contributed by atoms with Crippen LogP contribution in [0.1, 0.15) is 12.7 Å². The Hall–Kier alpha value is -2.04. The minimum atomic E-state index is -0.879. The third kappa shape index (κ3) is 2.45. The van der Waals surface area contributed by atoms with Gasteiger partial charge in [0, 0.05) is 25.1 Å². The Kier molecular flexibility index (Phi) is 3.50. The summed E-state index contributed by atoms with van der Waals surface area (Å²) < 4.78 is 26.1. The maximum atomic E-state index is 13.2. The van der Waals surface area contributed by atoms with E-state index < -0.39 is 11.6 Å². The topological polar surface area (TPSA) is 37.8 Å². The molecule has 0 aliphatic carbocycles. The van der Waals surface area contributed by atoms with Crippen molar-refractivity contribution < 1.29 is 8.78 Å². The smallest absolute Gasteiger partial charge is 0.159 e. The molecule has 1 aromatic heterocycles. The standard InChI is InChI=1S/C13H13F2N3/c1-3-12-17-11(7-13(16-2)18-12)8-4-5-9(14)10(15)6-8/h4-7H,3H2,1-2H3,(H,16,17,18). The second-order valence-electron chi connectivity index (χ2n) is 3.79. The molecule has 0 aliphatic rings. The number of nitrogens with zero attached hydrogens (tertiary/aromatic N) is 2. The van der Waals surface area contributed by atoms with Crippen LogP contribution in [0, 0.1) is 11.6 Å². The molecule has 0 radical (unpaired) electrons. The van der Waals surface area contributed by atoms with E-state index in [2.05, 4.69) is 15.3 Å². The monoisotopic (exact) mass is 249 g/mol. The van der Waals surface area contributed by atoms with E-state index in [9.17, 15) is 8.78 Å². The van der Waals surface area contributed by atoms with Gasteiger partial charge in [-0.15, -0.1) is 0 Å². The Bertz CT molecular complexity index is 548. The van der Waals surface area contributed by atoms with E-state index in [1.807, 2.05) is 6.92 Å². The zero-order valence-corrected chi connectivity index (χ0v) is 10.2. The molecule has 1 heterocycles. The number of rotatable bonds is 3. The van der Waals surface area contributed by atoms with Gasteiger partial charge in [-0.25, -0.2) is 18.7 Å². The Morgan fingerprint density at radius 1 is 1.11 bits per heavy atom. The molecule has 1 N–H and O–H groups in total. The molecule has 0 unspecified atom stereocenters. The summed E-state index contributed by atoms with van der Waals surface area (Å²) in [6.07, 6.45) is 0.673. The van der Waals surface area contributed by atoms with Gasteiger partial charge in [0.1, 0.15) is 11.6 Å². The summed E-state index contributed by atoms with van der Waals surface area (Å²) >= 11 is 0. The van der Waals surface area contributed by atoms with Gasteiger partial charge in [0.25, 0.3) is 0 Å². The summed E-state index contributed by atoms with van der Waals surface area (Å²) in [5.74, 6) is -0.435. The number of halogens is 2. The van der Waals surface area contributed by atoms with Crippen LogP contribution in [0.3, 0.4) is 0 Å². The van der Waals surface area contributed by atoms with Crippen molar-refractivity contribution in [2.75, 3.05) is 12.4 Å². The van der Waals surface area contributed by atoms with Crippen LogP contribution in [-0.2, 0) is 6.42 Å². The largest absolute Gasteiger partial charge is 0.373 e. The van der Waals surface area contributed by atoms with Crippen molar-refractivity contribution in [3.63, 3.8) is 0 Å². The number of anilines is 1. The Balaban J connectivity index is 2.51. The molecule has 0 amide bonds. The van der Waals surface area contributed by atoms with E-state index in [-0.39, 0.29) is 0 Å². The van der Waals surface area contributed by atoms with Crippen LogP contribution in [0.5, 0.6) is 0 Å². The van der Waals surface area contributed by atoms with E-state index in [4.69, 9.17) is 0 Å². The fraction of sp³-hybridized carbons (Fsp3) is 0.231. The van der Waals surface area contributed by atoms with Gasteiger partial charge < -0.3 is 5.32 Å². The first-order valence-corrected chi connectivity index (χ1v) is 5.65. The lowest BCUT2D eigenvalue weighted by atomic mass is 10.1. The summed E-state index contributed by atoms with van der Waals surface area (Å²) in [5, 5.41) is 2.92. The second-order valence-corrected chi connectivity index (χ2v) is 3.79. The van der Waals surface area contributed by atoms with E-state index in [0.29, 0.717) is 29.3 Å². The number of aryl methyl sites for hydroxylation is 1. The van der Waals surface area contributed by atoms with Crippen LogP contribution in [0.2, 0.25) is 0 Å². The fourth-order valence-corrected chi connectivity index (χ4v) is 1.59. The van der Waals surface area contributed by atoms with Crippen LogP contribution < -0.4 is 5.32 Å². The molecule has 0 bridgehead atoms. The summed E-state index contributed by atoms with van der Waals surface area (Å²) in [6.45, 7) is 1.93. The zero-order chi connectivity index (χ0) is 13.1. The first-order valence-electron chi connectivity index (χ1n) is 5.65. The third-order valence-electron chi connectivity index (χ3n) is 2.56. The lowest BCUT2D eigenvalue weighted by molar-refractivity contribution is 0.509. The molecular weight excluding hydrogens is 236 g/mol. The summed E-state index contributed by atoms with van der Waals surface area (Å²) in [4.78, 5) is 8.55. The highest BCUT2D eigenvalue weighted by atomic mass is 19.2. The predicted octanol–water partition coefficient (Wildman–Crippen LogP) is 3.03. The van der Waals surface area contributed by atoms with Gasteiger partial charge in [0.2, 0.25) is 0 Å². The zero-order valence-electron chi connectivity index (χ0n) is 10.2. The molecule has 5 heteroatoms. The molecule has 0 atom stereocenters. The highest BCUT2D eigenvalue weighted by Crippen LogP contribution is 2.22. The van der Waals surface area contributed by atoms with Crippen molar-refractivity contribution in [3.8, 4) is 11.3 Å². The SMILES string of the molecule is CCc1nc(NC)cc(-c2ccc(F)c(F)c2)n1. The second kappa shape index (κ2) is 5.08. The number of nitrogens with one attached hydrogen (secondary N) is 1. The van der Waals surface area contributed by atoms with Gasteiger partial charge >= 0.3 is 0 Å². The van der Waals surface area contributed by atoms with Gasteiger partial charge in [0.15, 0.2) is 11.6 Å². The fourth-order valence-electron chi connectivity index (χ4n) is 1.59. The van der Waals surface area contributed by atoms with E-state index in [1.54, 1.807) is 13.1 Å². The quantitative estimate of drug-likeness (QED) is 0.908. The Labute approximate surface area is 104 Å². The number of hydrogen-bond donors (Lipinski definition) is 1. The van der Waals surface area contributed by atoms with Crippen LogP contribution >= 0.6 is 0 Å². The molecular formula is C13H13F2N3. The molecule has 0 saturated carbocycles. The molecule has 0 spiro atoms. The number of aromatic nitrogens is 2. The van der Waals surface area contributed by atoms with Gasteiger partial charge in [0.05, 0.1) is 5.69 Å². The Morgan fingerprint density at radius 3 is 2.50 bits per heavy atom. The van der Waals surface area contributed by atoms with Crippen molar-refractivity contribution in [2.24, 2.45) is 0 Å². The summed E-state index contributed by atoms with van der Waals surface area (Å²) in [5.41, 5.74) is 1.10. The first-order chi connectivity index (χ1) is 8.63. The Morgan fingerprint density at radius 2 is 1.89 bits per heavy atom. The van der Waals surface area contributed by atoms with Crippen molar-refractivity contribution >= 4 is 5.82 Å². The predicted molar refractivity (Wildman–Crippen MR) is 66.3 cm³/mol. The molecule has 3 nitrogen and oxygen atoms in total. The van der Waals surface area contributed by atoms with Crippen LogP contribution in [0.25, 0.3) is 11.3 Å². The molecule has 0 aliphatic heterocycles. The van der Waals surface area contributed by atoms with Crippen LogP contribution in [0.15, 0.2) is 24.3 Å². The lowest BCUT2D eigenvalue weighted by Gasteiger charge is -2.07. The first kappa shape index (κ1) is 12.4. The average molecular weight is 249 g/mol. The summed E-state index contributed by atoms with van der Waals surface area (Å²) in [7, 11) is 1.75. The van der Waals surface area contributed by atoms with Gasteiger partial charge in [-0.05, 0) is 18.2 Å². The molecule has 2 rings (SSSR count). The van der Waals surface area contributed by atoms with E-state index in [1.165, 1.54) is 6.07 Å². The van der Waals surface area contributed by atoms with Crippen LogP contribution in [0.4, 0.5) is 14.6 Å². The van der Waals surface area contributed by atoms with Crippen molar-refractivity contribution in [1.82, 2.24) is 9.97 Å². The average Bonchev–Trinajstić information content (AvgIpc) is 2.41. The van der Waals surface area contributed by atoms with E-state index in [0.717, 1.165) is 12.1 Å². The molecule has 0 fully saturated rings. The van der Waals surface area contributed by atoms with Crippen LogP contribution in [-0.4, -0.2) is 17.0 Å². The number of benzene rings is 1. The molecule has 0 saturated heterocycles. The number of hydrogen-bond acceptors (Lipinski definition) is 3. The minimum absolute atomic E-state index is 0.530. The van der Waals surface area contributed by atoms with Crippen molar-refractivity contribution in [1.29, 1.82) is 0 Å². The molecule has 94 valence electrons. The lowest BCUT2D eigenvalue weighted by Crippen LogP contribution is -2.01. The molecule has 18 heavy (non-hydrogen) atoms. The van der Waals surface area contributed by atoms with Gasteiger partial charge in [-0.2, -0.15) is 0 Å². The maximum Gasteiger partial charge on any atom is 0.159 e. The third-order valence-corrected chi connectivity index (χ3v) is 2.56. The van der Waals surface area contributed by atoms with Crippen molar-refractivity contribution in [2.45, 2.75) is 13.3 Å². The minimum Gasteiger partial charge on any atom is -0.373 e. The van der Waals surface area contributed by atoms with Gasteiger partial charge in [-0.1, -0.05) is 6.92 Å². The van der Waals surface area contributed by atoms with E-state index >= 15 is 0 Å².